The first-order valence-corrected chi connectivity index (χ1v) is 10.5. The number of rotatable bonds is 8. The van der Waals surface area contributed by atoms with Crippen molar-refractivity contribution in [3.8, 4) is 0 Å². The maximum atomic E-state index is 13.3. The van der Waals surface area contributed by atoms with E-state index in [4.69, 9.17) is 11.6 Å². The van der Waals surface area contributed by atoms with Gasteiger partial charge in [0.2, 0.25) is 5.91 Å². The summed E-state index contributed by atoms with van der Waals surface area (Å²) in [4.78, 5) is 41.9. The molecule has 3 aromatic rings. The van der Waals surface area contributed by atoms with Crippen LogP contribution in [0.2, 0.25) is 5.02 Å². The largest absolute Gasteiger partial charge is 0.384 e. The first-order chi connectivity index (χ1) is 15.4. The van der Waals surface area contributed by atoms with Crippen molar-refractivity contribution in [3.63, 3.8) is 0 Å². The van der Waals surface area contributed by atoms with Gasteiger partial charge in [0.05, 0.1) is 16.6 Å². The lowest BCUT2D eigenvalue weighted by Gasteiger charge is -2.14. The van der Waals surface area contributed by atoms with Crippen LogP contribution in [-0.4, -0.2) is 47.2 Å². The van der Waals surface area contributed by atoms with Crippen molar-refractivity contribution < 1.29 is 18.8 Å². The quantitative estimate of drug-likeness (QED) is 0.400. The van der Waals surface area contributed by atoms with Crippen molar-refractivity contribution >= 4 is 45.9 Å². The second kappa shape index (κ2) is 9.32. The van der Waals surface area contributed by atoms with Crippen LogP contribution in [0.3, 0.4) is 0 Å². The van der Waals surface area contributed by atoms with Gasteiger partial charge in [-0.2, -0.15) is 0 Å². The predicted octanol–water partition coefficient (Wildman–Crippen LogP) is 3.63. The monoisotopic (exact) mass is 454 g/mol. The highest BCUT2D eigenvalue weighted by atomic mass is 35.5. The van der Waals surface area contributed by atoms with Crippen LogP contribution in [0.4, 0.5) is 10.1 Å². The highest BCUT2D eigenvalue weighted by Gasteiger charge is 2.36. The van der Waals surface area contributed by atoms with Crippen LogP contribution in [0, 0.1) is 5.82 Å². The standard InChI is InChI=1S/C23H20ClFN4O3/c24-14-3-5-17-19(7-10-27-20(17)11-14)26-8-1-2-9-28-21(30)13-29-22(31)16-6-4-15(25)12-18(16)23(29)32/h3-7,10-12H,1-2,8-9,13H2,(H,26,27)(H,28,30). The minimum absolute atomic E-state index is 0.0141. The Morgan fingerprint density at radius 1 is 1.00 bits per heavy atom. The molecule has 164 valence electrons. The van der Waals surface area contributed by atoms with E-state index in [9.17, 15) is 18.8 Å². The Morgan fingerprint density at radius 3 is 2.62 bits per heavy atom. The molecule has 4 rings (SSSR count). The van der Waals surface area contributed by atoms with E-state index >= 15 is 0 Å². The average Bonchev–Trinajstić information content (AvgIpc) is 3.00. The number of nitrogens with one attached hydrogen (secondary N) is 2. The van der Waals surface area contributed by atoms with Gasteiger partial charge in [0.15, 0.2) is 0 Å². The van der Waals surface area contributed by atoms with Gasteiger partial charge in [0, 0.05) is 35.4 Å². The SMILES string of the molecule is O=C(CN1C(=O)c2ccc(F)cc2C1=O)NCCCCNc1ccnc2cc(Cl)ccc12. The van der Waals surface area contributed by atoms with Crippen LogP contribution in [0.25, 0.3) is 10.9 Å². The number of carbonyl (C=O) groups excluding carboxylic acids is 3. The molecule has 0 aliphatic carbocycles. The minimum atomic E-state index is -0.658. The van der Waals surface area contributed by atoms with E-state index in [1.54, 1.807) is 6.20 Å². The molecule has 2 aromatic carbocycles. The molecule has 0 atom stereocenters. The number of halogens is 2. The Labute approximate surface area is 188 Å². The van der Waals surface area contributed by atoms with E-state index in [0.717, 1.165) is 40.0 Å². The third-order valence-electron chi connectivity index (χ3n) is 5.18. The van der Waals surface area contributed by atoms with E-state index in [0.29, 0.717) is 24.5 Å². The number of carbonyl (C=O) groups is 3. The number of fused-ring (bicyclic) bond motifs is 2. The summed E-state index contributed by atoms with van der Waals surface area (Å²) in [7, 11) is 0. The molecular weight excluding hydrogens is 435 g/mol. The Kier molecular flexibility index (Phi) is 6.32. The molecule has 2 N–H and O–H groups in total. The van der Waals surface area contributed by atoms with Crippen molar-refractivity contribution in [1.82, 2.24) is 15.2 Å². The van der Waals surface area contributed by atoms with Crippen molar-refractivity contribution in [2.75, 3.05) is 25.0 Å². The predicted molar refractivity (Wildman–Crippen MR) is 119 cm³/mol. The van der Waals surface area contributed by atoms with E-state index in [2.05, 4.69) is 15.6 Å². The smallest absolute Gasteiger partial charge is 0.262 e. The number of amides is 3. The topological polar surface area (TPSA) is 91.4 Å². The van der Waals surface area contributed by atoms with Gasteiger partial charge in [0.1, 0.15) is 12.4 Å². The number of aromatic nitrogens is 1. The molecule has 1 aliphatic heterocycles. The molecule has 32 heavy (non-hydrogen) atoms. The average molecular weight is 455 g/mol. The first kappa shape index (κ1) is 21.7. The van der Waals surface area contributed by atoms with Crippen molar-refractivity contribution in [2.24, 2.45) is 0 Å². The van der Waals surface area contributed by atoms with Crippen LogP contribution >= 0.6 is 11.6 Å². The maximum absolute atomic E-state index is 13.3. The molecule has 2 heterocycles. The second-order valence-corrected chi connectivity index (χ2v) is 7.83. The van der Waals surface area contributed by atoms with Gasteiger partial charge in [0.25, 0.3) is 11.8 Å². The normalized spacial score (nSPS) is 12.9. The molecule has 9 heteroatoms. The summed E-state index contributed by atoms with van der Waals surface area (Å²) in [5.41, 5.74) is 1.87. The fourth-order valence-corrected chi connectivity index (χ4v) is 3.75. The van der Waals surface area contributed by atoms with Crippen molar-refractivity contribution in [2.45, 2.75) is 12.8 Å². The molecular formula is C23H20ClFN4O3. The number of anilines is 1. The lowest BCUT2D eigenvalue weighted by molar-refractivity contribution is -0.121. The van der Waals surface area contributed by atoms with E-state index in [-0.39, 0.29) is 11.1 Å². The van der Waals surface area contributed by atoms with Crippen LogP contribution in [-0.2, 0) is 4.79 Å². The van der Waals surface area contributed by atoms with E-state index in [1.807, 2.05) is 24.3 Å². The lowest BCUT2D eigenvalue weighted by Crippen LogP contribution is -2.40. The van der Waals surface area contributed by atoms with Gasteiger partial charge in [-0.15, -0.1) is 0 Å². The highest BCUT2D eigenvalue weighted by Crippen LogP contribution is 2.25. The third-order valence-corrected chi connectivity index (χ3v) is 5.42. The van der Waals surface area contributed by atoms with Gasteiger partial charge in [-0.25, -0.2) is 4.39 Å². The molecule has 3 amide bonds. The zero-order valence-electron chi connectivity index (χ0n) is 17.0. The van der Waals surface area contributed by atoms with Gasteiger partial charge in [-0.1, -0.05) is 11.6 Å². The van der Waals surface area contributed by atoms with Gasteiger partial charge >= 0.3 is 0 Å². The fourth-order valence-electron chi connectivity index (χ4n) is 3.58. The molecule has 7 nitrogen and oxygen atoms in total. The number of benzene rings is 2. The third kappa shape index (κ3) is 4.55. The van der Waals surface area contributed by atoms with E-state index < -0.39 is 30.1 Å². The number of imide groups is 1. The van der Waals surface area contributed by atoms with Gasteiger partial charge < -0.3 is 10.6 Å². The van der Waals surface area contributed by atoms with Crippen LogP contribution in [0.5, 0.6) is 0 Å². The van der Waals surface area contributed by atoms with Crippen molar-refractivity contribution in [3.05, 3.63) is 70.6 Å². The summed E-state index contributed by atoms with van der Waals surface area (Å²) in [6.45, 7) is 0.713. The second-order valence-electron chi connectivity index (χ2n) is 7.39. The summed E-state index contributed by atoms with van der Waals surface area (Å²) in [5, 5.41) is 7.68. The van der Waals surface area contributed by atoms with Crippen LogP contribution < -0.4 is 10.6 Å². The molecule has 0 radical (unpaired) electrons. The molecule has 0 unspecified atom stereocenters. The lowest BCUT2D eigenvalue weighted by atomic mass is 10.1. The number of nitrogens with zero attached hydrogens (tertiary/aromatic N) is 2. The fraction of sp³-hybridized carbons (Fsp3) is 0.217. The Morgan fingerprint density at radius 2 is 1.78 bits per heavy atom. The number of hydrogen-bond acceptors (Lipinski definition) is 5. The van der Waals surface area contributed by atoms with Crippen molar-refractivity contribution in [1.29, 1.82) is 0 Å². The molecule has 0 saturated heterocycles. The molecule has 1 aromatic heterocycles. The number of pyridine rings is 1. The summed E-state index contributed by atoms with van der Waals surface area (Å²) >= 11 is 6.01. The minimum Gasteiger partial charge on any atom is -0.384 e. The maximum Gasteiger partial charge on any atom is 0.262 e. The molecule has 0 spiro atoms. The molecule has 1 aliphatic rings. The Hall–Kier alpha value is -3.52. The molecule has 0 bridgehead atoms. The Bertz CT molecular complexity index is 1220. The van der Waals surface area contributed by atoms with Gasteiger partial charge in [-0.05, 0) is 55.3 Å². The van der Waals surface area contributed by atoms with Gasteiger partial charge in [-0.3, -0.25) is 24.3 Å². The van der Waals surface area contributed by atoms with E-state index in [1.165, 1.54) is 6.07 Å². The molecule has 0 saturated carbocycles. The number of hydrogen-bond donors (Lipinski definition) is 2. The highest BCUT2D eigenvalue weighted by molar-refractivity contribution is 6.31. The van der Waals surface area contributed by atoms with Crippen LogP contribution in [0.1, 0.15) is 33.6 Å². The summed E-state index contributed by atoms with van der Waals surface area (Å²) in [5.74, 6) is -2.29. The zero-order chi connectivity index (χ0) is 22.7. The number of unbranched alkanes of at least 4 members (excludes halogenated alkanes) is 1. The zero-order valence-corrected chi connectivity index (χ0v) is 17.8. The summed E-state index contributed by atoms with van der Waals surface area (Å²) in [6.07, 6.45) is 3.22. The van der Waals surface area contributed by atoms with Crippen LogP contribution in [0.15, 0.2) is 48.7 Å². The summed E-state index contributed by atoms with van der Waals surface area (Å²) in [6, 6.07) is 10.8. The Balaban J connectivity index is 1.20. The molecule has 0 fully saturated rings. The summed E-state index contributed by atoms with van der Waals surface area (Å²) < 4.78 is 13.3. The first-order valence-electron chi connectivity index (χ1n) is 10.1.